The van der Waals surface area contributed by atoms with E-state index in [-0.39, 0.29) is 11.3 Å². The molecule has 0 fully saturated rings. The van der Waals surface area contributed by atoms with E-state index in [1.807, 2.05) is 0 Å². The van der Waals surface area contributed by atoms with E-state index in [2.05, 4.69) is 4.74 Å². The van der Waals surface area contributed by atoms with Crippen molar-refractivity contribution in [3.05, 3.63) is 33.9 Å². The maximum Gasteiger partial charge on any atom is 0.490 e. The number of hydrogen-bond donors (Lipinski definition) is 0. The second kappa shape index (κ2) is 5.55. The molecule has 0 atom stereocenters. The van der Waals surface area contributed by atoms with Crippen LogP contribution < -0.4 is 4.74 Å². The van der Waals surface area contributed by atoms with Gasteiger partial charge in [0.15, 0.2) is 5.75 Å². The molecule has 0 aromatic heterocycles. The number of nitro benzene ring substituents is 1. The fourth-order valence-corrected chi connectivity index (χ4v) is 1.20. The Labute approximate surface area is 104 Å². The number of halogens is 3. The summed E-state index contributed by atoms with van der Waals surface area (Å²) < 4.78 is 44.3. The summed E-state index contributed by atoms with van der Waals surface area (Å²) in [6.07, 6.45) is -5.10. The van der Waals surface area contributed by atoms with E-state index >= 15 is 0 Å². The quantitative estimate of drug-likeness (QED) is 0.479. The van der Waals surface area contributed by atoms with Gasteiger partial charge in [-0.15, -0.1) is 0 Å². The molecule has 0 aliphatic carbocycles. The minimum absolute atomic E-state index is 0.0455. The summed E-state index contributed by atoms with van der Waals surface area (Å²) in [6, 6.07) is 3.44. The SMILES string of the molecule is COc1ccc(COC(=O)C(F)(F)F)cc1[N+](=O)[O-]. The Morgan fingerprint density at radius 1 is 1.42 bits per heavy atom. The van der Waals surface area contributed by atoms with Gasteiger partial charge in [0.1, 0.15) is 6.61 Å². The van der Waals surface area contributed by atoms with E-state index < -0.39 is 29.4 Å². The molecule has 0 aliphatic rings. The van der Waals surface area contributed by atoms with Crippen LogP contribution in [0, 0.1) is 10.1 Å². The minimum Gasteiger partial charge on any atom is -0.490 e. The van der Waals surface area contributed by atoms with Crippen molar-refractivity contribution < 1.29 is 32.4 Å². The van der Waals surface area contributed by atoms with Crippen LogP contribution in [0.3, 0.4) is 0 Å². The summed E-state index contributed by atoms with van der Waals surface area (Å²) in [5, 5.41) is 10.7. The Balaban J connectivity index is 2.84. The number of rotatable bonds is 4. The molecule has 19 heavy (non-hydrogen) atoms. The van der Waals surface area contributed by atoms with Crippen molar-refractivity contribution in [1.82, 2.24) is 0 Å². The summed E-state index contributed by atoms with van der Waals surface area (Å²) in [4.78, 5) is 20.4. The van der Waals surface area contributed by atoms with Gasteiger partial charge in [-0.3, -0.25) is 10.1 Å². The van der Waals surface area contributed by atoms with Crippen LogP contribution in [0.1, 0.15) is 5.56 Å². The van der Waals surface area contributed by atoms with Crippen molar-refractivity contribution in [2.24, 2.45) is 0 Å². The van der Waals surface area contributed by atoms with Crippen LogP contribution in [0.4, 0.5) is 18.9 Å². The number of benzene rings is 1. The van der Waals surface area contributed by atoms with Gasteiger partial charge in [0, 0.05) is 6.07 Å². The average Bonchev–Trinajstić information content (AvgIpc) is 2.34. The summed E-state index contributed by atoms with van der Waals surface area (Å²) in [6.45, 7) is -0.719. The van der Waals surface area contributed by atoms with Gasteiger partial charge in [0.25, 0.3) is 0 Å². The van der Waals surface area contributed by atoms with E-state index in [0.717, 1.165) is 6.07 Å². The van der Waals surface area contributed by atoms with Gasteiger partial charge < -0.3 is 9.47 Å². The molecular formula is C10H8F3NO5. The highest BCUT2D eigenvalue weighted by molar-refractivity contribution is 5.75. The summed E-state index contributed by atoms with van der Waals surface area (Å²) in [7, 11) is 1.21. The van der Waals surface area contributed by atoms with Gasteiger partial charge in [-0.1, -0.05) is 6.07 Å². The van der Waals surface area contributed by atoms with Gasteiger partial charge in [-0.25, -0.2) is 4.79 Å². The fourth-order valence-electron chi connectivity index (χ4n) is 1.20. The minimum atomic E-state index is -5.10. The van der Waals surface area contributed by atoms with E-state index in [1.54, 1.807) is 0 Å². The molecule has 9 heteroatoms. The maximum absolute atomic E-state index is 11.9. The first kappa shape index (κ1) is 14.7. The van der Waals surface area contributed by atoms with Crippen LogP contribution in [-0.4, -0.2) is 24.2 Å². The highest BCUT2D eigenvalue weighted by Gasteiger charge is 2.40. The van der Waals surface area contributed by atoms with E-state index in [4.69, 9.17) is 4.74 Å². The largest absolute Gasteiger partial charge is 0.490 e. The smallest absolute Gasteiger partial charge is 0.490 e. The van der Waals surface area contributed by atoms with Crippen molar-refractivity contribution in [1.29, 1.82) is 0 Å². The average molecular weight is 279 g/mol. The third kappa shape index (κ3) is 3.83. The first-order valence-corrected chi connectivity index (χ1v) is 4.81. The fraction of sp³-hybridized carbons (Fsp3) is 0.300. The summed E-state index contributed by atoms with van der Waals surface area (Å²) in [5.74, 6) is -2.40. The van der Waals surface area contributed by atoms with E-state index in [1.165, 1.54) is 19.2 Å². The van der Waals surface area contributed by atoms with Crippen LogP contribution >= 0.6 is 0 Å². The van der Waals surface area contributed by atoms with Gasteiger partial charge in [-0.05, 0) is 11.6 Å². The maximum atomic E-state index is 11.9. The zero-order valence-corrected chi connectivity index (χ0v) is 9.56. The number of methoxy groups -OCH3 is 1. The number of alkyl halides is 3. The van der Waals surface area contributed by atoms with Crippen molar-refractivity contribution >= 4 is 11.7 Å². The van der Waals surface area contributed by atoms with Crippen LogP contribution in [0.2, 0.25) is 0 Å². The van der Waals surface area contributed by atoms with Crippen LogP contribution in [0.5, 0.6) is 5.75 Å². The monoisotopic (exact) mass is 279 g/mol. The lowest BCUT2D eigenvalue weighted by atomic mass is 10.2. The molecule has 104 valence electrons. The third-order valence-electron chi connectivity index (χ3n) is 2.04. The lowest BCUT2D eigenvalue weighted by Crippen LogP contribution is -2.25. The molecule has 0 radical (unpaired) electrons. The lowest BCUT2D eigenvalue weighted by Gasteiger charge is -2.08. The topological polar surface area (TPSA) is 78.7 Å². The first-order valence-electron chi connectivity index (χ1n) is 4.81. The molecule has 0 heterocycles. The highest BCUT2D eigenvalue weighted by atomic mass is 19.4. The third-order valence-corrected chi connectivity index (χ3v) is 2.04. The predicted molar refractivity (Wildman–Crippen MR) is 55.5 cm³/mol. The molecule has 1 aromatic rings. The molecule has 0 saturated heterocycles. The Hall–Kier alpha value is -2.32. The lowest BCUT2D eigenvalue weighted by molar-refractivity contribution is -0.385. The van der Waals surface area contributed by atoms with Gasteiger partial charge in [0.2, 0.25) is 0 Å². The number of ether oxygens (including phenoxy) is 2. The molecule has 0 N–H and O–H groups in total. The molecule has 0 unspecified atom stereocenters. The van der Waals surface area contributed by atoms with Crippen LogP contribution in [0.25, 0.3) is 0 Å². The Morgan fingerprint density at radius 3 is 2.53 bits per heavy atom. The number of esters is 1. The van der Waals surface area contributed by atoms with Crippen molar-refractivity contribution in [3.8, 4) is 5.75 Å². The summed E-state index contributed by atoms with van der Waals surface area (Å²) in [5.41, 5.74) is -0.381. The molecule has 0 aliphatic heterocycles. The molecule has 0 bridgehead atoms. The second-order valence-corrected chi connectivity index (χ2v) is 3.34. The number of carbonyl (C=O) groups excluding carboxylic acids is 1. The Bertz CT molecular complexity index is 500. The van der Waals surface area contributed by atoms with Gasteiger partial charge in [-0.2, -0.15) is 13.2 Å². The molecule has 0 spiro atoms. The second-order valence-electron chi connectivity index (χ2n) is 3.34. The highest BCUT2D eigenvalue weighted by Crippen LogP contribution is 2.28. The number of hydrogen-bond acceptors (Lipinski definition) is 5. The molecule has 6 nitrogen and oxygen atoms in total. The van der Waals surface area contributed by atoms with Gasteiger partial charge >= 0.3 is 17.8 Å². The van der Waals surface area contributed by atoms with Crippen molar-refractivity contribution in [2.75, 3.05) is 7.11 Å². The van der Waals surface area contributed by atoms with E-state index in [0.29, 0.717) is 0 Å². The van der Waals surface area contributed by atoms with E-state index in [9.17, 15) is 28.1 Å². The van der Waals surface area contributed by atoms with Crippen molar-refractivity contribution in [3.63, 3.8) is 0 Å². The summed E-state index contributed by atoms with van der Waals surface area (Å²) >= 11 is 0. The molecule has 1 rings (SSSR count). The zero-order valence-electron chi connectivity index (χ0n) is 9.56. The van der Waals surface area contributed by atoms with Crippen LogP contribution in [-0.2, 0) is 16.1 Å². The zero-order chi connectivity index (χ0) is 14.6. The Morgan fingerprint density at radius 2 is 2.05 bits per heavy atom. The standard InChI is InChI=1S/C10H8F3NO5/c1-18-8-3-2-6(4-7(8)14(16)17)5-19-9(15)10(11,12)13/h2-4H,5H2,1H3. The number of carbonyl (C=O) groups is 1. The number of nitro groups is 1. The molecule has 1 aromatic carbocycles. The normalized spacial score (nSPS) is 10.9. The van der Waals surface area contributed by atoms with Crippen molar-refractivity contribution in [2.45, 2.75) is 12.8 Å². The molecular weight excluding hydrogens is 271 g/mol. The number of nitrogens with zero attached hydrogens (tertiary/aromatic N) is 1. The molecule has 0 amide bonds. The Kier molecular flexibility index (Phi) is 4.30. The van der Waals surface area contributed by atoms with Crippen LogP contribution in [0.15, 0.2) is 18.2 Å². The first-order chi connectivity index (χ1) is 8.75. The molecule has 0 saturated carbocycles. The predicted octanol–water partition coefficient (Wildman–Crippen LogP) is 2.21. The van der Waals surface area contributed by atoms with Gasteiger partial charge in [0.05, 0.1) is 12.0 Å².